The van der Waals surface area contributed by atoms with Gasteiger partial charge in [-0.3, -0.25) is 9.97 Å². The minimum atomic E-state index is -0.996. The number of aryl methyl sites for hydroxylation is 1. The van der Waals surface area contributed by atoms with E-state index in [1.165, 1.54) is 18.5 Å². The first-order chi connectivity index (χ1) is 10.1. The van der Waals surface area contributed by atoms with Gasteiger partial charge < -0.3 is 10.4 Å². The number of carboxylic acid groups (broad SMARTS) is 1. The Bertz CT molecular complexity index is 831. The Morgan fingerprint density at radius 3 is 2.81 bits per heavy atom. The van der Waals surface area contributed by atoms with Crippen LogP contribution in [-0.2, 0) is 0 Å². The van der Waals surface area contributed by atoms with Crippen molar-refractivity contribution in [1.82, 2.24) is 9.97 Å². The van der Waals surface area contributed by atoms with Crippen LogP contribution in [0.2, 0.25) is 0 Å². The van der Waals surface area contributed by atoms with Gasteiger partial charge in [-0.2, -0.15) is 0 Å². The van der Waals surface area contributed by atoms with Gasteiger partial charge in [0.15, 0.2) is 0 Å². The standard InChI is InChI=1S/C16H13N3O2/c1-10-5-6-11-3-2-4-13(15(11)18-10)19-14-9-17-8-7-12(14)16(20)21/h2-9,19H,1H3,(H,20,21). The van der Waals surface area contributed by atoms with E-state index in [0.29, 0.717) is 5.69 Å². The molecule has 0 aliphatic rings. The summed E-state index contributed by atoms with van der Waals surface area (Å²) in [6, 6.07) is 11.1. The molecule has 0 unspecified atom stereocenters. The molecule has 2 heterocycles. The first-order valence-electron chi connectivity index (χ1n) is 6.46. The summed E-state index contributed by atoms with van der Waals surface area (Å²) in [6.07, 6.45) is 2.96. The average molecular weight is 279 g/mol. The lowest BCUT2D eigenvalue weighted by molar-refractivity contribution is 0.0698. The summed E-state index contributed by atoms with van der Waals surface area (Å²) in [5.74, 6) is -0.996. The van der Waals surface area contributed by atoms with Crippen LogP contribution in [0.3, 0.4) is 0 Å². The highest BCUT2D eigenvalue weighted by Gasteiger charge is 2.11. The van der Waals surface area contributed by atoms with Crippen molar-refractivity contribution < 1.29 is 9.90 Å². The SMILES string of the molecule is Cc1ccc2cccc(Nc3cnccc3C(=O)O)c2n1. The Labute approximate surface area is 121 Å². The van der Waals surface area contributed by atoms with Crippen LogP contribution in [0.5, 0.6) is 0 Å². The number of carboxylic acids is 1. The van der Waals surface area contributed by atoms with E-state index in [1.807, 2.05) is 37.3 Å². The normalized spacial score (nSPS) is 10.5. The van der Waals surface area contributed by atoms with E-state index in [4.69, 9.17) is 0 Å². The van der Waals surface area contributed by atoms with Crippen molar-refractivity contribution in [2.75, 3.05) is 5.32 Å². The second-order valence-corrected chi connectivity index (χ2v) is 4.68. The van der Waals surface area contributed by atoms with Crippen LogP contribution in [0, 0.1) is 6.92 Å². The topological polar surface area (TPSA) is 75.1 Å². The predicted molar refractivity (Wildman–Crippen MR) is 81.0 cm³/mol. The monoisotopic (exact) mass is 279 g/mol. The third kappa shape index (κ3) is 2.53. The number of aromatic carboxylic acids is 1. The van der Waals surface area contributed by atoms with Gasteiger partial charge in [-0.15, -0.1) is 0 Å². The van der Waals surface area contributed by atoms with Gasteiger partial charge >= 0.3 is 5.97 Å². The van der Waals surface area contributed by atoms with Crippen LogP contribution in [0.15, 0.2) is 48.8 Å². The van der Waals surface area contributed by atoms with Gasteiger partial charge in [0, 0.05) is 17.3 Å². The maximum Gasteiger partial charge on any atom is 0.337 e. The number of nitrogens with one attached hydrogen (secondary N) is 1. The maximum absolute atomic E-state index is 11.2. The molecule has 0 saturated carbocycles. The molecule has 0 aliphatic heterocycles. The van der Waals surface area contributed by atoms with E-state index in [9.17, 15) is 9.90 Å². The van der Waals surface area contributed by atoms with Gasteiger partial charge in [-0.05, 0) is 25.1 Å². The first-order valence-corrected chi connectivity index (χ1v) is 6.46. The van der Waals surface area contributed by atoms with Crippen molar-refractivity contribution >= 4 is 28.2 Å². The number of pyridine rings is 2. The Kier molecular flexibility index (Phi) is 3.23. The van der Waals surface area contributed by atoms with E-state index >= 15 is 0 Å². The summed E-state index contributed by atoms with van der Waals surface area (Å²) in [4.78, 5) is 19.7. The smallest absolute Gasteiger partial charge is 0.337 e. The maximum atomic E-state index is 11.2. The number of fused-ring (bicyclic) bond motifs is 1. The molecule has 21 heavy (non-hydrogen) atoms. The lowest BCUT2D eigenvalue weighted by Crippen LogP contribution is -2.03. The van der Waals surface area contributed by atoms with Crippen LogP contribution >= 0.6 is 0 Å². The quantitative estimate of drug-likeness (QED) is 0.768. The van der Waals surface area contributed by atoms with Crippen molar-refractivity contribution in [3.63, 3.8) is 0 Å². The average Bonchev–Trinajstić information content (AvgIpc) is 2.48. The van der Waals surface area contributed by atoms with Crippen LogP contribution in [0.1, 0.15) is 16.1 Å². The van der Waals surface area contributed by atoms with Crippen LogP contribution in [0.25, 0.3) is 10.9 Å². The van der Waals surface area contributed by atoms with Crippen molar-refractivity contribution in [1.29, 1.82) is 0 Å². The minimum absolute atomic E-state index is 0.176. The fourth-order valence-electron chi connectivity index (χ4n) is 2.17. The van der Waals surface area contributed by atoms with E-state index in [0.717, 1.165) is 22.3 Å². The summed E-state index contributed by atoms with van der Waals surface area (Å²) in [7, 11) is 0. The number of para-hydroxylation sites is 1. The summed E-state index contributed by atoms with van der Waals surface area (Å²) in [5.41, 5.74) is 3.08. The lowest BCUT2D eigenvalue weighted by Gasteiger charge is -2.11. The number of rotatable bonds is 3. The zero-order chi connectivity index (χ0) is 14.8. The van der Waals surface area contributed by atoms with Gasteiger partial charge in [0.2, 0.25) is 0 Å². The predicted octanol–water partition coefficient (Wildman–Crippen LogP) is 3.38. The van der Waals surface area contributed by atoms with Gasteiger partial charge in [0.05, 0.1) is 28.7 Å². The third-order valence-electron chi connectivity index (χ3n) is 3.18. The van der Waals surface area contributed by atoms with Crippen LogP contribution in [-0.4, -0.2) is 21.0 Å². The fourth-order valence-corrected chi connectivity index (χ4v) is 2.17. The molecule has 1 aromatic carbocycles. The second kappa shape index (κ2) is 5.20. The highest BCUT2D eigenvalue weighted by Crippen LogP contribution is 2.26. The van der Waals surface area contributed by atoms with Crippen molar-refractivity contribution in [2.24, 2.45) is 0 Å². The molecule has 3 aromatic rings. The fraction of sp³-hybridized carbons (Fsp3) is 0.0625. The molecule has 5 heteroatoms. The van der Waals surface area contributed by atoms with Crippen molar-refractivity contribution in [3.05, 3.63) is 60.0 Å². The molecule has 0 amide bonds. The van der Waals surface area contributed by atoms with Crippen molar-refractivity contribution in [2.45, 2.75) is 6.92 Å². The molecule has 2 aromatic heterocycles. The number of aromatic nitrogens is 2. The molecule has 5 nitrogen and oxygen atoms in total. The Morgan fingerprint density at radius 2 is 2.00 bits per heavy atom. The number of hydrogen-bond donors (Lipinski definition) is 2. The molecule has 0 radical (unpaired) electrons. The third-order valence-corrected chi connectivity index (χ3v) is 3.18. The molecule has 104 valence electrons. The molecular weight excluding hydrogens is 266 g/mol. The zero-order valence-corrected chi connectivity index (χ0v) is 11.4. The summed E-state index contributed by atoms with van der Waals surface area (Å²) in [6.45, 7) is 1.92. The molecule has 0 fully saturated rings. The molecule has 0 atom stereocenters. The molecule has 0 aliphatic carbocycles. The van der Waals surface area contributed by atoms with Gasteiger partial charge in [0.25, 0.3) is 0 Å². The Hall–Kier alpha value is -2.95. The number of anilines is 2. The van der Waals surface area contributed by atoms with Crippen LogP contribution < -0.4 is 5.32 Å². The largest absolute Gasteiger partial charge is 0.478 e. The summed E-state index contributed by atoms with van der Waals surface area (Å²) >= 11 is 0. The van der Waals surface area contributed by atoms with Gasteiger partial charge in [-0.25, -0.2) is 4.79 Å². The molecule has 0 saturated heterocycles. The highest BCUT2D eigenvalue weighted by atomic mass is 16.4. The summed E-state index contributed by atoms with van der Waals surface area (Å²) < 4.78 is 0. The minimum Gasteiger partial charge on any atom is -0.478 e. The molecule has 2 N–H and O–H groups in total. The molecule has 0 spiro atoms. The number of hydrogen-bond acceptors (Lipinski definition) is 4. The highest BCUT2D eigenvalue weighted by molar-refractivity contribution is 5.98. The van der Waals surface area contributed by atoms with E-state index < -0.39 is 5.97 Å². The van der Waals surface area contributed by atoms with E-state index in [1.54, 1.807) is 0 Å². The summed E-state index contributed by atoms with van der Waals surface area (Å²) in [5, 5.41) is 13.3. The van der Waals surface area contributed by atoms with E-state index in [2.05, 4.69) is 15.3 Å². The number of carbonyl (C=O) groups is 1. The number of nitrogens with zero attached hydrogens (tertiary/aromatic N) is 2. The lowest BCUT2D eigenvalue weighted by atomic mass is 10.1. The Morgan fingerprint density at radius 1 is 1.14 bits per heavy atom. The second-order valence-electron chi connectivity index (χ2n) is 4.68. The van der Waals surface area contributed by atoms with Crippen LogP contribution in [0.4, 0.5) is 11.4 Å². The molecular formula is C16H13N3O2. The van der Waals surface area contributed by atoms with Gasteiger partial charge in [-0.1, -0.05) is 18.2 Å². The molecule has 3 rings (SSSR count). The van der Waals surface area contributed by atoms with Gasteiger partial charge in [0.1, 0.15) is 0 Å². The number of benzene rings is 1. The van der Waals surface area contributed by atoms with E-state index in [-0.39, 0.29) is 5.56 Å². The Balaban J connectivity index is 2.11. The first kappa shape index (κ1) is 13.1. The molecule has 0 bridgehead atoms. The zero-order valence-electron chi connectivity index (χ0n) is 11.4. The van der Waals surface area contributed by atoms with Crippen molar-refractivity contribution in [3.8, 4) is 0 Å².